The minimum absolute atomic E-state index is 0.00686. The number of rotatable bonds is 2. The molecule has 1 aromatic carbocycles. The average molecular weight is 294 g/mol. The highest BCUT2D eigenvalue weighted by Crippen LogP contribution is 2.29. The van der Waals surface area contributed by atoms with Crippen LogP contribution in [0.3, 0.4) is 0 Å². The van der Waals surface area contributed by atoms with Gasteiger partial charge in [0.15, 0.2) is 5.65 Å². The van der Waals surface area contributed by atoms with Crippen molar-refractivity contribution >= 4 is 11.6 Å². The first-order chi connectivity index (χ1) is 10.7. The van der Waals surface area contributed by atoms with Crippen LogP contribution < -0.4 is 5.32 Å². The number of carbonyl (C=O) groups is 1. The summed E-state index contributed by atoms with van der Waals surface area (Å²) in [5, 5.41) is 20.6. The molecule has 1 unspecified atom stereocenters. The van der Waals surface area contributed by atoms with Gasteiger partial charge in [-0.2, -0.15) is 0 Å². The number of hydrogen-bond acceptors (Lipinski definition) is 4. The van der Waals surface area contributed by atoms with E-state index in [2.05, 4.69) is 15.5 Å². The third-order valence-electron chi connectivity index (χ3n) is 4.05. The number of hydrogen-bond donors (Lipinski definition) is 2. The van der Waals surface area contributed by atoms with E-state index < -0.39 is 0 Å². The first kappa shape index (κ1) is 12.8. The van der Waals surface area contributed by atoms with Crippen molar-refractivity contribution in [2.24, 2.45) is 0 Å². The van der Waals surface area contributed by atoms with E-state index in [1.807, 2.05) is 12.1 Å². The summed E-state index contributed by atoms with van der Waals surface area (Å²) in [4.78, 5) is 12.4. The maximum absolute atomic E-state index is 12.4. The van der Waals surface area contributed by atoms with Crippen LogP contribution in [-0.2, 0) is 12.8 Å². The summed E-state index contributed by atoms with van der Waals surface area (Å²) in [6.45, 7) is 0. The molecule has 1 atom stereocenters. The van der Waals surface area contributed by atoms with Crippen LogP contribution in [0.4, 0.5) is 0 Å². The molecule has 0 radical (unpaired) electrons. The van der Waals surface area contributed by atoms with Crippen molar-refractivity contribution < 1.29 is 9.90 Å². The van der Waals surface area contributed by atoms with Gasteiger partial charge in [0.1, 0.15) is 12.1 Å². The molecule has 2 aromatic heterocycles. The third kappa shape index (κ3) is 2.09. The normalized spacial score (nSPS) is 16.6. The fraction of sp³-hybridized carbons (Fsp3) is 0.188. The van der Waals surface area contributed by atoms with Crippen LogP contribution in [0, 0.1) is 0 Å². The molecule has 0 bridgehead atoms. The Hall–Kier alpha value is -2.89. The molecule has 22 heavy (non-hydrogen) atoms. The van der Waals surface area contributed by atoms with Crippen LogP contribution in [0.25, 0.3) is 5.65 Å². The van der Waals surface area contributed by atoms with Gasteiger partial charge < -0.3 is 10.4 Å². The predicted molar refractivity (Wildman–Crippen MR) is 79.8 cm³/mol. The zero-order chi connectivity index (χ0) is 15.1. The van der Waals surface area contributed by atoms with Crippen molar-refractivity contribution in [3.8, 4) is 5.75 Å². The lowest BCUT2D eigenvalue weighted by Gasteiger charge is -2.12. The molecule has 0 fully saturated rings. The lowest BCUT2D eigenvalue weighted by atomic mass is 10.1. The highest BCUT2D eigenvalue weighted by Gasteiger charge is 2.25. The van der Waals surface area contributed by atoms with Crippen molar-refractivity contribution in [3.63, 3.8) is 0 Å². The van der Waals surface area contributed by atoms with Crippen molar-refractivity contribution in [3.05, 3.63) is 59.5 Å². The van der Waals surface area contributed by atoms with Gasteiger partial charge in [0.05, 0.1) is 5.56 Å². The van der Waals surface area contributed by atoms with Gasteiger partial charge in [-0.1, -0.05) is 12.1 Å². The van der Waals surface area contributed by atoms with Crippen molar-refractivity contribution in [2.45, 2.75) is 18.9 Å². The molecule has 1 aliphatic carbocycles. The topological polar surface area (TPSA) is 79.5 Å². The van der Waals surface area contributed by atoms with E-state index in [9.17, 15) is 9.90 Å². The quantitative estimate of drug-likeness (QED) is 0.747. The molecule has 6 heteroatoms. The van der Waals surface area contributed by atoms with Crippen molar-refractivity contribution in [1.82, 2.24) is 19.9 Å². The van der Waals surface area contributed by atoms with Crippen LogP contribution in [0.1, 0.15) is 21.5 Å². The summed E-state index contributed by atoms with van der Waals surface area (Å²) < 4.78 is 1.71. The van der Waals surface area contributed by atoms with Crippen LogP contribution in [0.2, 0.25) is 0 Å². The molecule has 110 valence electrons. The highest BCUT2D eigenvalue weighted by molar-refractivity contribution is 5.94. The molecule has 4 rings (SSSR count). The van der Waals surface area contributed by atoms with Gasteiger partial charge in [-0.05, 0) is 42.2 Å². The third-order valence-corrected chi connectivity index (χ3v) is 4.05. The van der Waals surface area contributed by atoms with E-state index in [0.717, 1.165) is 17.5 Å². The van der Waals surface area contributed by atoms with E-state index in [0.29, 0.717) is 23.4 Å². The van der Waals surface area contributed by atoms with Gasteiger partial charge in [0.25, 0.3) is 5.91 Å². The first-order valence-corrected chi connectivity index (χ1v) is 7.11. The average Bonchev–Trinajstić information content (AvgIpc) is 3.13. The molecular weight excluding hydrogens is 280 g/mol. The molecule has 0 aliphatic heterocycles. The minimum Gasteiger partial charge on any atom is -0.508 e. The molecular formula is C16H14N4O2. The fourth-order valence-corrected chi connectivity index (χ4v) is 2.96. The molecule has 0 saturated heterocycles. The highest BCUT2D eigenvalue weighted by atomic mass is 16.3. The van der Waals surface area contributed by atoms with E-state index >= 15 is 0 Å². The van der Waals surface area contributed by atoms with Crippen LogP contribution >= 0.6 is 0 Å². The van der Waals surface area contributed by atoms with Gasteiger partial charge in [0, 0.05) is 12.2 Å². The number of benzene rings is 1. The van der Waals surface area contributed by atoms with E-state index in [4.69, 9.17) is 0 Å². The Labute approximate surface area is 126 Å². The molecule has 6 nitrogen and oxygen atoms in total. The number of carbonyl (C=O) groups excluding carboxylic acids is 1. The molecule has 0 saturated carbocycles. The number of pyridine rings is 1. The minimum atomic E-state index is -0.132. The second kappa shape index (κ2) is 4.84. The van der Waals surface area contributed by atoms with Crippen LogP contribution in [0.15, 0.2) is 42.9 Å². The number of amides is 1. The Morgan fingerprint density at radius 1 is 1.27 bits per heavy atom. The number of fused-ring (bicyclic) bond motifs is 2. The zero-order valence-electron chi connectivity index (χ0n) is 11.7. The number of aromatic hydroxyl groups is 1. The van der Waals surface area contributed by atoms with Gasteiger partial charge >= 0.3 is 0 Å². The second-order valence-corrected chi connectivity index (χ2v) is 5.51. The van der Waals surface area contributed by atoms with Gasteiger partial charge in [-0.25, -0.2) is 0 Å². The zero-order valence-corrected chi connectivity index (χ0v) is 11.7. The lowest BCUT2D eigenvalue weighted by molar-refractivity contribution is 0.0938. The molecule has 3 aromatic rings. The van der Waals surface area contributed by atoms with Gasteiger partial charge in [0.2, 0.25) is 0 Å². The SMILES string of the molecule is O=C(NC1Cc2cccc(O)c2C1)c1ccc2nncn2c1. The number of nitrogens with zero attached hydrogens (tertiary/aromatic N) is 3. The molecule has 0 spiro atoms. The van der Waals surface area contributed by atoms with Gasteiger partial charge in [-0.15, -0.1) is 10.2 Å². The Morgan fingerprint density at radius 2 is 2.18 bits per heavy atom. The number of phenolic OH excluding ortho intramolecular Hbond substituents is 1. The Bertz CT molecular complexity index is 871. The number of nitrogens with one attached hydrogen (secondary N) is 1. The predicted octanol–water partition coefficient (Wildman–Crippen LogP) is 1.33. The summed E-state index contributed by atoms with van der Waals surface area (Å²) in [6.07, 6.45) is 4.67. The van der Waals surface area contributed by atoms with E-state index in [1.165, 1.54) is 0 Å². The van der Waals surface area contributed by atoms with E-state index in [-0.39, 0.29) is 11.9 Å². The Balaban J connectivity index is 1.52. The van der Waals surface area contributed by atoms with Crippen LogP contribution in [-0.4, -0.2) is 31.7 Å². The summed E-state index contributed by atoms with van der Waals surface area (Å²) >= 11 is 0. The summed E-state index contributed by atoms with van der Waals surface area (Å²) in [5.74, 6) is 0.174. The molecule has 1 amide bonds. The summed E-state index contributed by atoms with van der Waals surface area (Å²) in [6, 6.07) is 9.01. The summed E-state index contributed by atoms with van der Waals surface area (Å²) in [7, 11) is 0. The fourth-order valence-electron chi connectivity index (χ4n) is 2.96. The lowest BCUT2D eigenvalue weighted by Crippen LogP contribution is -2.35. The van der Waals surface area contributed by atoms with Gasteiger partial charge in [-0.3, -0.25) is 9.20 Å². The number of phenols is 1. The monoisotopic (exact) mass is 294 g/mol. The maximum atomic E-state index is 12.4. The Morgan fingerprint density at radius 3 is 3.05 bits per heavy atom. The molecule has 2 heterocycles. The number of aromatic nitrogens is 3. The Kier molecular flexibility index (Phi) is 2.82. The second-order valence-electron chi connectivity index (χ2n) is 5.51. The largest absolute Gasteiger partial charge is 0.508 e. The standard InChI is InChI=1S/C16H14N4O2/c21-14-3-1-2-10-6-12(7-13(10)14)18-16(22)11-4-5-15-19-17-9-20(15)8-11/h1-5,8-9,12,21H,6-7H2,(H,18,22). The summed E-state index contributed by atoms with van der Waals surface area (Å²) in [5.41, 5.74) is 3.30. The van der Waals surface area contributed by atoms with Crippen molar-refractivity contribution in [2.75, 3.05) is 0 Å². The van der Waals surface area contributed by atoms with E-state index in [1.54, 1.807) is 35.1 Å². The molecule has 1 aliphatic rings. The maximum Gasteiger partial charge on any atom is 0.253 e. The first-order valence-electron chi connectivity index (χ1n) is 7.11. The van der Waals surface area contributed by atoms with Crippen LogP contribution in [0.5, 0.6) is 5.75 Å². The molecule has 2 N–H and O–H groups in total. The smallest absolute Gasteiger partial charge is 0.253 e. The van der Waals surface area contributed by atoms with Crippen molar-refractivity contribution in [1.29, 1.82) is 0 Å².